The summed E-state index contributed by atoms with van der Waals surface area (Å²) < 4.78 is 5.21. The van der Waals surface area contributed by atoms with Gasteiger partial charge in [-0.25, -0.2) is 9.79 Å². The van der Waals surface area contributed by atoms with Gasteiger partial charge in [0.15, 0.2) is 0 Å². The van der Waals surface area contributed by atoms with Gasteiger partial charge in [0.25, 0.3) is 0 Å². The number of hydrogen-bond acceptors (Lipinski definition) is 3. The lowest BCUT2D eigenvalue weighted by Gasteiger charge is -2.29. The Morgan fingerprint density at radius 3 is 2.67 bits per heavy atom. The lowest BCUT2D eigenvalue weighted by molar-refractivity contribution is -0.147. The number of esters is 1. The Labute approximate surface area is 128 Å². The average Bonchev–Trinajstić information content (AvgIpc) is 2.44. The molecule has 5 nitrogen and oxygen atoms in total. The maximum Gasteiger partial charge on any atom is 0.341 e. The summed E-state index contributed by atoms with van der Waals surface area (Å²) in [6, 6.07) is 6.07. The van der Waals surface area contributed by atoms with E-state index in [0.29, 0.717) is 17.3 Å². The Balaban J connectivity index is 2.31. The van der Waals surface area contributed by atoms with Gasteiger partial charge in [-0.05, 0) is 31.0 Å². The second kappa shape index (κ2) is 6.72. The van der Waals surface area contributed by atoms with Crippen LogP contribution in [0.2, 0.25) is 5.02 Å². The molecule has 2 amide bonds. The SMILES string of the molecule is CCCOC(=O)C1C(C)=NC(=O)NC1c1ccc(Cl)cc1. The van der Waals surface area contributed by atoms with Crippen LogP contribution in [0.3, 0.4) is 0 Å². The molecular formula is C15H17ClN2O3. The first-order chi connectivity index (χ1) is 10.0. The van der Waals surface area contributed by atoms with Crippen molar-refractivity contribution in [2.24, 2.45) is 10.9 Å². The summed E-state index contributed by atoms with van der Waals surface area (Å²) in [6.07, 6.45) is 0.743. The molecule has 0 bridgehead atoms. The first-order valence-corrected chi connectivity index (χ1v) is 7.18. The molecule has 2 unspecified atom stereocenters. The summed E-state index contributed by atoms with van der Waals surface area (Å²) in [5.41, 5.74) is 1.25. The third-order valence-electron chi connectivity index (χ3n) is 3.27. The molecule has 0 aliphatic carbocycles. The number of carbonyl (C=O) groups excluding carboxylic acids is 2. The number of benzene rings is 1. The van der Waals surface area contributed by atoms with Crippen molar-refractivity contribution in [3.8, 4) is 0 Å². The Morgan fingerprint density at radius 1 is 1.38 bits per heavy atom. The summed E-state index contributed by atoms with van der Waals surface area (Å²) in [4.78, 5) is 27.7. The van der Waals surface area contributed by atoms with Crippen molar-refractivity contribution < 1.29 is 14.3 Å². The molecule has 2 rings (SSSR count). The van der Waals surface area contributed by atoms with E-state index in [2.05, 4.69) is 10.3 Å². The highest BCUT2D eigenvalue weighted by Crippen LogP contribution is 2.28. The number of nitrogens with zero attached hydrogens (tertiary/aromatic N) is 1. The molecule has 0 aromatic heterocycles. The fourth-order valence-corrected chi connectivity index (χ4v) is 2.39. The molecule has 1 aromatic rings. The lowest BCUT2D eigenvalue weighted by atomic mass is 9.88. The maximum absolute atomic E-state index is 12.2. The Morgan fingerprint density at radius 2 is 2.05 bits per heavy atom. The average molecular weight is 309 g/mol. The molecule has 112 valence electrons. The van der Waals surface area contributed by atoms with Crippen LogP contribution in [0, 0.1) is 5.92 Å². The number of halogens is 1. The molecule has 6 heteroatoms. The second-order valence-corrected chi connectivity index (χ2v) is 5.31. The van der Waals surface area contributed by atoms with E-state index in [9.17, 15) is 9.59 Å². The highest BCUT2D eigenvalue weighted by Gasteiger charge is 2.37. The summed E-state index contributed by atoms with van der Waals surface area (Å²) in [5.74, 6) is -0.992. The van der Waals surface area contributed by atoms with E-state index in [4.69, 9.17) is 16.3 Å². The second-order valence-electron chi connectivity index (χ2n) is 4.88. The van der Waals surface area contributed by atoms with E-state index in [0.717, 1.165) is 12.0 Å². The molecule has 0 saturated carbocycles. The molecule has 21 heavy (non-hydrogen) atoms. The smallest absolute Gasteiger partial charge is 0.341 e. The quantitative estimate of drug-likeness (QED) is 0.869. The zero-order valence-corrected chi connectivity index (χ0v) is 12.7. The van der Waals surface area contributed by atoms with Crippen LogP contribution in [-0.4, -0.2) is 24.3 Å². The van der Waals surface area contributed by atoms with E-state index in [1.807, 2.05) is 6.92 Å². The minimum Gasteiger partial charge on any atom is -0.465 e. The van der Waals surface area contributed by atoms with Crippen molar-refractivity contribution in [3.05, 3.63) is 34.9 Å². The standard InChI is InChI=1S/C15H17ClN2O3/c1-3-8-21-14(19)12-9(2)17-15(20)18-13(12)10-4-6-11(16)7-5-10/h4-7,12-13H,3,8H2,1-2H3,(H,18,20). The van der Waals surface area contributed by atoms with Crippen molar-refractivity contribution in [3.63, 3.8) is 0 Å². The van der Waals surface area contributed by atoms with Gasteiger partial charge in [-0.15, -0.1) is 0 Å². The molecule has 0 radical (unpaired) electrons. The van der Waals surface area contributed by atoms with Crippen LogP contribution in [0.4, 0.5) is 4.79 Å². The minimum absolute atomic E-state index is 0.351. The Bertz CT molecular complexity index is 569. The van der Waals surface area contributed by atoms with Crippen LogP contribution in [0.15, 0.2) is 29.3 Å². The van der Waals surface area contributed by atoms with E-state index in [1.54, 1.807) is 31.2 Å². The normalized spacial score (nSPS) is 21.5. The van der Waals surface area contributed by atoms with Crippen LogP contribution in [0.25, 0.3) is 0 Å². The Hall–Kier alpha value is -1.88. The fraction of sp³-hybridized carbons (Fsp3) is 0.400. The largest absolute Gasteiger partial charge is 0.465 e. The number of ether oxygens (including phenoxy) is 1. The van der Waals surface area contributed by atoms with Crippen molar-refractivity contribution >= 4 is 29.3 Å². The molecule has 0 fully saturated rings. The zero-order chi connectivity index (χ0) is 15.4. The van der Waals surface area contributed by atoms with Gasteiger partial charge in [0.05, 0.1) is 12.6 Å². The molecule has 1 N–H and O–H groups in total. The molecular weight excluding hydrogens is 292 g/mol. The van der Waals surface area contributed by atoms with Crippen molar-refractivity contribution in [2.45, 2.75) is 26.3 Å². The van der Waals surface area contributed by atoms with Crippen molar-refractivity contribution in [2.75, 3.05) is 6.61 Å². The predicted molar refractivity (Wildman–Crippen MR) is 80.6 cm³/mol. The van der Waals surface area contributed by atoms with Crippen LogP contribution in [0.5, 0.6) is 0 Å². The van der Waals surface area contributed by atoms with E-state index in [-0.39, 0.29) is 5.97 Å². The lowest BCUT2D eigenvalue weighted by Crippen LogP contribution is -2.44. The van der Waals surface area contributed by atoms with Gasteiger partial charge in [-0.3, -0.25) is 4.79 Å². The molecule has 0 saturated heterocycles. The van der Waals surface area contributed by atoms with Crippen molar-refractivity contribution in [1.82, 2.24) is 5.32 Å². The first kappa shape index (κ1) is 15.5. The third kappa shape index (κ3) is 3.61. The predicted octanol–water partition coefficient (Wildman–Crippen LogP) is 3.13. The molecule has 1 heterocycles. The number of nitrogens with one attached hydrogen (secondary N) is 1. The highest BCUT2D eigenvalue weighted by molar-refractivity contribution is 6.30. The van der Waals surface area contributed by atoms with Crippen LogP contribution in [0.1, 0.15) is 31.9 Å². The van der Waals surface area contributed by atoms with E-state index in [1.165, 1.54) is 0 Å². The number of aliphatic imine (C=N–C) groups is 1. The maximum atomic E-state index is 12.2. The van der Waals surface area contributed by atoms with Gasteiger partial charge >= 0.3 is 12.0 Å². The summed E-state index contributed by atoms with van der Waals surface area (Å²) in [6.45, 7) is 3.94. The van der Waals surface area contributed by atoms with Crippen molar-refractivity contribution in [1.29, 1.82) is 0 Å². The minimum atomic E-state index is -0.615. The van der Waals surface area contributed by atoms with E-state index < -0.39 is 18.0 Å². The Kier molecular flexibility index (Phi) is 4.96. The van der Waals surface area contributed by atoms with Gasteiger partial charge < -0.3 is 10.1 Å². The van der Waals surface area contributed by atoms with Gasteiger partial charge in [0.2, 0.25) is 0 Å². The number of hydrogen-bond donors (Lipinski definition) is 1. The first-order valence-electron chi connectivity index (χ1n) is 6.80. The van der Waals surface area contributed by atoms with Crippen LogP contribution in [-0.2, 0) is 9.53 Å². The molecule has 1 aliphatic heterocycles. The molecule has 2 atom stereocenters. The number of carbonyl (C=O) groups is 2. The number of urea groups is 1. The third-order valence-corrected chi connectivity index (χ3v) is 3.52. The number of rotatable bonds is 4. The topological polar surface area (TPSA) is 67.8 Å². The fourth-order valence-electron chi connectivity index (χ4n) is 2.26. The van der Waals surface area contributed by atoms with Gasteiger partial charge in [0.1, 0.15) is 5.92 Å². The molecule has 0 spiro atoms. The summed E-state index contributed by atoms with van der Waals surface area (Å²) >= 11 is 5.87. The number of amides is 2. The van der Waals surface area contributed by atoms with Gasteiger partial charge in [0, 0.05) is 10.7 Å². The molecule has 1 aromatic carbocycles. The van der Waals surface area contributed by atoms with E-state index >= 15 is 0 Å². The summed E-state index contributed by atoms with van der Waals surface area (Å²) in [7, 11) is 0. The summed E-state index contributed by atoms with van der Waals surface area (Å²) in [5, 5.41) is 3.31. The highest BCUT2D eigenvalue weighted by atomic mass is 35.5. The van der Waals surface area contributed by atoms with Gasteiger partial charge in [-0.2, -0.15) is 0 Å². The van der Waals surface area contributed by atoms with Crippen LogP contribution < -0.4 is 5.32 Å². The zero-order valence-electron chi connectivity index (χ0n) is 11.9. The monoisotopic (exact) mass is 308 g/mol. The van der Waals surface area contributed by atoms with Gasteiger partial charge in [-0.1, -0.05) is 30.7 Å². The molecule has 1 aliphatic rings. The van der Waals surface area contributed by atoms with Crippen LogP contribution >= 0.6 is 11.6 Å².